The molecule has 1 saturated heterocycles. The number of nitrogens with two attached hydrogens (primary N) is 1. The maximum absolute atomic E-state index is 11.7. The largest absolute Gasteiger partial charge is 0.330 e. The lowest BCUT2D eigenvalue weighted by Crippen LogP contribution is -2.32. The minimum atomic E-state index is 0.344. The molecule has 2 N–H and O–H groups in total. The third-order valence-corrected chi connectivity index (χ3v) is 3.33. The minimum absolute atomic E-state index is 0.344. The number of likely N-dealkylation sites (tertiary alicyclic amines) is 1. The molecule has 1 atom stereocenters. The highest BCUT2D eigenvalue weighted by Crippen LogP contribution is 2.15. The molecule has 1 unspecified atom stereocenters. The molecular weight excluding hydrogens is 212 g/mol. The average molecular weight is 232 g/mol. The van der Waals surface area contributed by atoms with E-state index in [-0.39, 0.29) is 0 Å². The summed E-state index contributed by atoms with van der Waals surface area (Å²) in [6, 6.07) is 10.3. The summed E-state index contributed by atoms with van der Waals surface area (Å²) in [5, 5.41) is 0. The Bertz CT molecular complexity index is 364. The Morgan fingerprint density at radius 2 is 2.06 bits per heavy atom. The molecule has 2 rings (SSSR count). The molecule has 92 valence electrons. The maximum atomic E-state index is 11.7. The van der Waals surface area contributed by atoms with Crippen LogP contribution in [0.2, 0.25) is 0 Å². The monoisotopic (exact) mass is 232 g/mol. The average Bonchev–Trinajstić information content (AvgIpc) is 2.52. The van der Waals surface area contributed by atoms with Crippen molar-refractivity contribution in [2.45, 2.75) is 19.4 Å². The van der Waals surface area contributed by atoms with Gasteiger partial charge in [0.1, 0.15) is 5.78 Å². The van der Waals surface area contributed by atoms with Gasteiger partial charge in [-0.15, -0.1) is 0 Å². The number of hydrogen-bond acceptors (Lipinski definition) is 3. The van der Waals surface area contributed by atoms with Gasteiger partial charge in [0, 0.05) is 19.5 Å². The zero-order chi connectivity index (χ0) is 12.1. The summed E-state index contributed by atoms with van der Waals surface area (Å²) < 4.78 is 0. The minimum Gasteiger partial charge on any atom is -0.330 e. The number of carbonyl (C=O) groups excluding carboxylic acids is 1. The molecule has 1 aliphatic heterocycles. The van der Waals surface area contributed by atoms with Gasteiger partial charge in [0.05, 0.1) is 6.54 Å². The first-order chi connectivity index (χ1) is 8.28. The molecule has 0 spiro atoms. The Morgan fingerprint density at radius 1 is 1.29 bits per heavy atom. The van der Waals surface area contributed by atoms with Crippen molar-refractivity contribution < 1.29 is 4.79 Å². The van der Waals surface area contributed by atoms with E-state index >= 15 is 0 Å². The molecule has 0 amide bonds. The van der Waals surface area contributed by atoms with Gasteiger partial charge in [-0.3, -0.25) is 9.69 Å². The van der Waals surface area contributed by atoms with Crippen LogP contribution in [-0.2, 0) is 11.3 Å². The first-order valence-electron chi connectivity index (χ1n) is 6.26. The van der Waals surface area contributed by atoms with E-state index in [2.05, 4.69) is 17.0 Å². The van der Waals surface area contributed by atoms with Gasteiger partial charge in [-0.1, -0.05) is 30.3 Å². The molecule has 0 bridgehead atoms. The number of benzene rings is 1. The Labute approximate surface area is 103 Å². The number of carbonyl (C=O) groups is 1. The van der Waals surface area contributed by atoms with Gasteiger partial charge < -0.3 is 5.73 Å². The Hall–Kier alpha value is -1.19. The fourth-order valence-electron chi connectivity index (χ4n) is 2.37. The second-order valence-electron chi connectivity index (χ2n) is 4.83. The molecule has 17 heavy (non-hydrogen) atoms. The van der Waals surface area contributed by atoms with Crippen molar-refractivity contribution >= 4 is 5.78 Å². The van der Waals surface area contributed by atoms with Crippen molar-refractivity contribution in [3.8, 4) is 0 Å². The quantitative estimate of drug-likeness (QED) is 0.857. The predicted molar refractivity (Wildman–Crippen MR) is 68.5 cm³/mol. The molecule has 1 fully saturated rings. The molecule has 0 saturated carbocycles. The molecule has 3 nitrogen and oxygen atoms in total. The smallest absolute Gasteiger partial charge is 0.146 e. The van der Waals surface area contributed by atoms with E-state index in [4.69, 9.17) is 5.73 Å². The van der Waals surface area contributed by atoms with Crippen LogP contribution < -0.4 is 5.73 Å². The third kappa shape index (κ3) is 3.65. The number of rotatable bonds is 3. The Morgan fingerprint density at radius 3 is 2.76 bits per heavy atom. The standard InChI is InChI=1S/C14H20N2O/c15-8-13-6-7-14(17)11-16(10-13)9-12-4-2-1-3-5-12/h1-5,13H,6-11,15H2. The Kier molecular flexibility index (Phi) is 4.29. The van der Waals surface area contributed by atoms with Crippen LogP contribution in [0.25, 0.3) is 0 Å². The highest BCUT2D eigenvalue weighted by atomic mass is 16.1. The van der Waals surface area contributed by atoms with Crippen LogP contribution in [0.4, 0.5) is 0 Å². The highest BCUT2D eigenvalue weighted by Gasteiger charge is 2.21. The summed E-state index contributed by atoms with van der Waals surface area (Å²) in [5.41, 5.74) is 7.00. The maximum Gasteiger partial charge on any atom is 0.146 e. The SMILES string of the molecule is NCC1CCC(=O)CN(Cc2ccccc2)C1. The van der Waals surface area contributed by atoms with Crippen molar-refractivity contribution in [1.29, 1.82) is 0 Å². The molecule has 1 aliphatic rings. The lowest BCUT2D eigenvalue weighted by Gasteiger charge is -2.22. The van der Waals surface area contributed by atoms with Gasteiger partial charge in [0.15, 0.2) is 0 Å². The lowest BCUT2D eigenvalue weighted by atomic mass is 10.0. The lowest BCUT2D eigenvalue weighted by molar-refractivity contribution is -0.119. The highest BCUT2D eigenvalue weighted by molar-refractivity contribution is 5.80. The first kappa shape index (κ1) is 12.3. The van der Waals surface area contributed by atoms with Crippen molar-refractivity contribution in [1.82, 2.24) is 4.90 Å². The van der Waals surface area contributed by atoms with Crippen LogP contribution in [0.5, 0.6) is 0 Å². The van der Waals surface area contributed by atoms with Crippen molar-refractivity contribution in [2.24, 2.45) is 11.7 Å². The molecular formula is C14H20N2O. The molecule has 1 heterocycles. The van der Waals surface area contributed by atoms with Crippen molar-refractivity contribution in [3.63, 3.8) is 0 Å². The van der Waals surface area contributed by atoms with E-state index in [0.29, 0.717) is 31.2 Å². The van der Waals surface area contributed by atoms with Gasteiger partial charge >= 0.3 is 0 Å². The number of Topliss-reactive ketones (excluding diaryl/α,β-unsaturated/α-hetero) is 1. The van der Waals surface area contributed by atoms with Crippen LogP contribution in [0.15, 0.2) is 30.3 Å². The van der Waals surface area contributed by atoms with Gasteiger partial charge in [-0.25, -0.2) is 0 Å². The van der Waals surface area contributed by atoms with Gasteiger partial charge in [0.25, 0.3) is 0 Å². The van der Waals surface area contributed by atoms with Crippen LogP contribution in [0, 0.1) is 5.92 Å². The predicted octanol–water partition coefficient (Wildman–Crippen LogP) is 1.43. The van der Waals surface area contributed by atoms with Gasteiger partial charge in [-0.05, 0) is 24.4 Å². The fourth-order valence-corrected chi connectivity index (χ4v) is 2.37. The molecule has 0 aliphatic carbocycles. The van der Waals surface area contributed by atoms with Crippen molar-refractivity contribution in [2.75, 3.05) is 19.6 Å². The second-order valence-corrected chi connectivity index (χ2v) is 4.83. The van der Waals surface area contributed by atoms with E-state index in [0.717, 1.165) is 19.5 Å². The fraction of sp³-hybridized carbons (Fsp3) is 0.500. The summed E-state index contributed by atoms with van der Waals surface area (Å²) in [6.07, 6.45) is 1.63. The zero-order valence-corrected chi connectivity index (χ0v) is 10.1. The number of nitrogens with zero attached hydrogens (tertiary/aromatic N) is 1. The second kappa shape index (κ2) is 5.94. The molecule has 0 radical (unpaired) electrons. The number of hydrogen-bond donors (Lipinski definition) is 1. The van der Waals surface area contributed by atoms with E-state index in [9.17, 15) is 4.79 Å². The molecule has 0 aromatic heterocycles. The normalized spacial score (nSPS) is 22.4. The summed E-state index contributed by atoms with van der Waals surface area (Å²) >= 11 is 0. The Balaban J connectivity index is 2.00. The number of ketones is 1. The first-order valence-corrected chi connectivity index (χ1v) is 6.26. The van der Waals surface area contributed by atoms with E-state index in [1.54, 1.807) is 0 Å². The van der Waals surface area contributed by atoms with Gasteiger partial charge in [-0.2, -0.15) is 0 Å². The molecule has 1 aromatic carbocycles. The summed E-state index contributed by atoms with van der Waals surface area (Å²) in [7, 11) is 0. The van der Waals surface area contributed by atoms with E-state index in [1.165, 1.54) is 5.56 Å². The summed E-state index contributed by atoms with van der Waals surface area (Å²) in [6.45, 7) is 3.05. The zero-order valence-electron chi connectivity index (χ0n) is 10.1. The van der Waals surface area contributed by atoms with E-state index < -0.39 is 0 Å². The summed E-state index contributed by atoms with van der Waals surface area (Å²) in [4.78, 5) is 13.9. The third-order valence-electron chi connectivity index (χ3n) is 3.33. The molecule has 1 aromatic rings. The van der Waals surface area contributed by atoms with Crippen LogP contribution in [-0.4, -0.2) is 30.3 Å². The van der Waals surface area contributed by atoms with Crippen molar-refractivity contribution in [3.05, 3.63) is 35.9 Å². The topological polar surface area (TPSA) is 46.3 Å². The van der Waals surface area contributed by atoms with Crippen LogP contribution >= 0.6 is 0 Å². The van der Waals surface area contributed by atoms with Crippen LogP contribution in [0.1, 0.15) is 18.4 Å². The molecule has 3 heteroatoms. The van der Waals surface area contributed by atoms with Gasteiger partial charge in [0.2, 0.25) is 0 Å². The van der Waals surface area contributed by atoms with Crippen LogP contribution in [0.3, 0.4) is 0 Å². The van der Waals surface area contributed by atoms with E-state index in [1.807, 2.05) is 18.2 Å². The summed E-state index contributed by atoms with van der Waals surface area (Å²) in [5.74, 6) is 0.807.